The summed E-state index contributed by atoms with van der Waals surface area (Å²) in [5, 5.41) is 0. The predicted octanol–water partition coefficient (Wildman–Crippen LogP) is 3.54. The van der Waals surface area contributed by atoms with Crippen molar-refractivity contribution >= 4 is 32.5 Å². The molecule has 2 aromatic carbocycles. The minimum absolute atomic E-state index is 0.150. The van der Waals surface area contributed by atoms with Crippen LogP contribution in [0.2, 0.25) is 0 Å². The number of H-pyrrole nitrogens is 1. The van der Waals surface area contributed by atoms with Gasteiger partial charge in [0.1, 0.15) is 0 Å². The van der Waals surface area contributed by atoms with E-state index in [2.05, 4.69) is 9.71 Å². The molecule has 2 N–H and O–H groups in total. The molecule has 11 heteroatoms. The SMILES string of the molecule is O=c1[nH]c2cc(S(=O)(=O)Nc3cc(C(F)(F)F)ccc3N3CCCC3)ccc2o1. The predicted molar refractivity (Wildman–Crippen MR) is 101 cm³/mol. The first-order chi connectivity index (χ1) is 13.6. The van der Waals surface area contributed by atoms with Gasteiger partial charge in [0, 0.05) is 13.1 Å². The van der Waals surface area contributed by atoms with E-state index in [1.807, 2.05) is 4.90 Å². The van der Waals surface area contributed by atoms with Gasteiger partial charge in [0.25, 0.3) is 10.0 Å². The molecule has 0 saturated carbocycles. The van der Waals surface area contributed by atoms with E-state index in [0.717, 1.165) is 25.0 Å². The third kappa shape index (κ3) is 3.82. The Kier molecular flexibility index (Phi) is 4.56. The fraction of sp³-hybridized carbons (Fsp3) is 0.278. The molecular weight excluding hydrogens is 411 g/mol. The summed E-state index contributed by atoms with van der Waals surface area (Å²) in [7, 11) is -4.22. The van der Waals surface area contributed by atoms with Crippen LogP contribution in [0.4, 0.5) is 24.5 Å². The molecule has 1 aliphatic heterocycles. The van der Waals surface area contributed by atoms with Gasteiger partial charge in [-0.15, -0.1) is 0 Å². The Morgan fingerprint density at radius 3 is 2.48 bits per heavy atom. The Morgan fingerprint density at radius 1 is 1.07 bits per heavy atom. The largest absolute Gasteiger partial charge is 0.417 e. The highest BCUT2D eigenvalue weighted by atomic mass is 32.2. The van der Waals surface area contributed by atoms with Gasteiger partial charge in [-0.05, 0) is 49.2 Å². The van der Waals surface area contributed by atoms with Gasteiger partial charge < -0.3 is 9.32 Å². The molecule has 0 spiro atoms. The van der Waals surface area contributed by atoms with Crippen molar-refractivity contribution in [3.05, 3.63) is 52.5 Å². The van der Waals surface area contributed by atoms with Crippen molar-refractivity contribution in [1.29, 1.82) is 0 Å². The molecule has 154 valence electrons. The number of anilines is 2. The fourth-order valence-corrected chi connectivity index (χ4v) is 4.42. The minimum atomic E-state index is -4.61. The molecule has 1 aliphatic rings. The number of oxazole rings is 1. The lowest BCUT2D eigenvalue weighted by atomic mass is 10.1. The lowest BCUT2D eigenvalue weighted by molar-refractivity contribution is -0.137. The average molecular weight is 427 g/mol. The quantitative estimate of drug-likeness (QED) is 0.664. The van der Waals surface area contributed by atoms with Crippen LogP contribution < -0.4 is 15.4 Å². The highest BCUT2D eigenvalue weighted by molar-refractivity contribution is 7.92. The number of hydrogen-bond acceptors (Lipinski definition) is 5. The second kappa shape index (κ2) is 6.83. The maximum atomic E-state index is 13.2. The van der Waals surface area contributed by atoms with Crippen LogP contribution in [0.5, 0.6) is 0 Å². The highest BCUT2D eigenvalue weighted by Crippen LogP contribution is 2.37. The zero-order chi connectivity index (χ0) is 20.8. The van der Waals surface area contributed by atoms with E-state index >= 15 is 0 Å². The van der Waals surface area contributed by atoms with Gasteiger partial charge in [-0.1, -0.05) is 0 Å². The summed E-state index contributed by atoms with van der Waals surface area (Å²) in [4.78, 5) is 15.2. The maximum Gasteiger partial charge on any atom is 0.417 e. The van der Waals surface area contributed by atoms with Crippen molar-refractivity contribution in [1.82, 2.24) is 4.98 Å². The Labute approximate surface area is 163 Å². The Balaban J connectivity index is 1.76. The summed E-state index contributed by atoms with van der Waals surface area (Å²) in [5.41, 5.74) is -0.375. The number of alkyl halides is 3. The van der Waals surface area contributed by atoms with E-state index in [1.165, 1.54) is 24.3 Å². The molecule has 2 heterocycles. The van der Waals surface area contributed by atoms with Crippen LogP contribution in [-0.4, -0.2) is 26.5 Å². The standard InChI is InChI=1S/C18H16F3N3O4S/c19-18(20,21)11-3-5-15(24-7-1-2-8-24)13(9-11)23-29(26,27)12-4-6-16-14(10-12)22-17(25)28-16/h3-6,9-10,23H,1-2,7-8H2,(H,22,25). The monoisotopic (exact) mass is 427 g/mol. The van der Waals surface area contributed by atoms with E-state index < -0.39 is 27.5 Å². The van der Waals surface area contributed by atoms with E-state index in [4.69, 9.17) is 4.42 Å². The van der Waals surface area contributed by atoms with Gasteiger partial charge >= 0.3 is 11.9 Å². The molecule has 0 atom stereocenters. The number of hydrogen-bond donors (Lipinski definition) is 2. The summed E-state index contributed by atoms with van der Waals surface area (Å²) in [5.74, 6) is -0.739. The number of nitrogens with one attached hydrogen (secondary N) is 2. The minimum Gasteiger partial charge on any atom is -0.408 e. The summed E-state index contributed by atoms with van der Waals surface area (Å²) in [6.45, 7) is 1.25. The van der Waals surface area contributed by atoms with Crippen molar-refractivity contribution in [2.45, 2.75) is 23.9 Å². The summed E-state index contributed by atoms with van der Waals surface area (Å²) < 4.78 is 72.3. The third-order valence-corrected chi connectivity index (χ3v) is 6.08. The summed E-state index contributed by atoms with van der Waals surface area (Å²) in [6.07, 6.45) is -2.87. The summed E-state index contributed by atoms with van der Waals surface area (Å²) in [6, 6.07) is 6.71. The normalized spacial score (nSPS) is 15.2. The Morgan fingerprint density at radius 2 is 1.79 bits per heavy atom. The van der Waals surface area contributed by atoms with Crippen LogP contribution in [0.15, 0.2) is 50.5 Å². The number of nitrogens with zero attached hydrogens (tertiary/aromatic N) is 1. The second-order valence-electron chi connectivity index (χ2n) is 6.70. The van der Waals surface area contributed by atoms with Crippen molar-refractivity contribution in [2.24, 2.45) is 0 Å². The maximum absolute atomic E-state index is 13.2. The van der Waals surface area contributed by atoms with Crippen LogP contribution in [-0.2, 0) is 16.2 Å². The van der Waals surface area contributed by atoms with Gasteiger partial charge in [-0.25, -0.2) is 13.2 Å². The van der Waals surface area contributed by atoms with Crippen LogP contribution in [0.1, 0.15) is 18.4 Å². The molecule has 0 bridgehead atoms. The number of benzene rings is 2. The van der Waals surface area contributed by atoms with Crippen molar-refractivity contribution in [2.75, 3.05) is 22.7 Å². The first-order valence-corrected chi connectivity index (χ1v) is 10.2. The molecule has 7 nitrogen and oxygen atoms in total. The zero-order valence-electron chi connectivity index (χ0n) is 14.9. The molecular formula is C18H16F3N3O4S. The molecule has 1 fully saturated rings. The van der Waals surface area contributed by atoms with Crippen LogP contribution in [0, 0.1) is 0 Å². The highest BCUT2D eigenvalue weighted by Gasteiger charge is 2.32. The molecule has 0 aliphatic carbocycles. The number of fused-ring (bicyclic) bond motifs is 1. The summed E-state index contributed by atoms with van der Waals surface area (Å²) >= 11 is 0. The first kappa shape index (κ1) is 19.4. The van der Waals surface area contributed by atoms with E-state index in [0.29, 0.717) is 18.8 Å². The first-order valence-electron chi connectivity index (χ1n) is 8.75. The van der Waals surface area contributed by atoms with Gasteiger partial charge in [-0.3, -0.25) is 9.71 Å². The molecule has 29 heavy (non-hydrogen) atoms. The Bertz CT molecular complexity index is 1230. The van der Waals surface area contributed by atoms with Crippen molar-refractivity contribution in [3.63, 3.8) is 0 Å². The molecule has 0 radical (unpaired) electrons. The topological polar surface area (TPSA) is 95.4 Å². The smallest absolute Gasteiger partial charge is 0.408 e. The van der Waals surface area contributed by atoms with Gasteiger partial charge in [0.2, 0.25) is 0 Å². The number of rotatable bonds is 4. The van der Waals surface area contributed by atoms with Crippen LogP contribution in [0.25, 0.3) is 11.1 Å². The van der Waals surface area contributed by atoms with E-state index in [9.17, 15) is 26.4 Å². The lowest BCUT2D eigenvalue weighted by Crippen LogP contribution is -2.22. The van der Waals surface area contributed by atoms with Crippen molar-refractivity contribution in [3.8, 4) is 0 Å². The number of aromatic nitrogens is 1. The molecule has 0 amide bonds. The second-order valence-corrected chi connectivity index (χ2v) is 8.38. The van der Waals surface area contributed by atoms with E-state index in [1.54, 1.807) is 0 Å². The number of sulfonamides is 1. The van der Waals surface area contributed by atoms with Crippen LogP contribution >= 0.6 is 0 Å². The molecule has 1 aromatic heterocycles. The number of halogens is 3. The van der Waals surface area contributed by atoms with Gasteiger partial charge in [0.05, 0.1) is 27.4 Å². The third-order valence-electron chi connectivity index (χ3n) is 4.72. The molecule has 1 saturated heterocycles. The van der Waals surface area contributed by atoms with E-state index in [-0.39, 0.29) is 21.7 Å². The molecule has 3 aromatic rings. The van der Waals surface area contributed by atoms with Crippen molar-refractivity contribution < 1.29 is 26.0 Å². The molecule has 4 rings (SSSR count). The lowest BCUT2D eigenvalue weighted by Gasteiger charge is -2.23. The molecule has 0 unspecified atom stereocenters. The Hall–Kier alpha value is -2.95. The average Bonchev–Trinajstić information content (AvgIpc) is 3.28. The van der Waals surface area contributed by atoms with Gasteiger partial charge in [0.15, 0.2) is 5.58 Å². The van der Waals surface area contributed by atoms with Crippen LogP contribution in [0.3, 0.4) is 0 Å². The fourth-order valence-electron chi connectivity index (χ4n) is 3.33. The van der Waals surface area contributed by atoms with Gasteiger partial charge in [-0.2, -0.15) is 13.2 Å². The number of aromatic amines is 1. The zero-order valence-corrected chi connectivity index (χ0v) is 15.7.